The molecule has 3 nitrogen and oxygen atoms in total. The first-order valence-corrected chi connectivity index (χ1v) is 42.7. The first-order valence-electron chi connectivity index (χ1n) is 41.8. The van der Waals surface area contributed by atoms with E-state index in [9.17, 15) is 0 Å². The molecule has 20 aromatic rings. The van der Waals surface area contributed by atoms with E-state index in [1.165, 1.54) is 148 Å². The zero-order chi connectivity index (χ0) is 80.0. The maximum atomic E-state index is 7.23. The lowest BCUT2D eigenvalue weighted by Gasteiger charge is -2.34. The maximum absolute atomic E-state index is 7.23. The van der Waals surface area contributed by atoms with Crippen LogP contribution in [0.1, 0.15) is 94.5 Å². The molecular weight excluding hydrogens is 1470 g/mol. The molecule has 2 heterocycles. The van der Waals surface area contributed by atoms with Crippen molar-refractivity contribution in [3.8, 4) is 66.8 Å². The summed E-state index contributed by atoms with van der Waals surface area (Å²) in [5.41, 5.74) is 38.1. The Morgan fingerprint density at radius 2 is 0.533 bits per heavy atom. The van der Waals surface area contributed by atoms with Gasteiger partial charge < -0.3 is 14.2 Å². The van der Waals surface area contributed by atoms with Crippen molar-refractivity contribution in [2.45, 2.75) is 49.4 Å². The Balaban J connectivity index is 0.000000140. The second-order valence-electron chi connectivity index (χ2n) is 33.6. The smallest absolute Gasteiger partial charge is 0.140 e. The highest BCUT2D eigenvalue weighted by Crippen LogP contribution is 2.62. The number of anilines is 6. The van der Waals surface area contributed by atoms with Crippen LogP contribution < -0.4 is 9.80 Å². The van der Waals surface area contributed by atoms with Gasteiger partial charge in [0.1, 0.15) is 11.2 Å². The van der Waals surface area contributed by atoms with E-state index in [0.29, 0.717) is 0 Å². The lowest BCUT2D eigenvalue weighted by Crippen LogP contribution is -2.28. The van der Waals surface area contributed by atoms with Crippen molar-refractivity contribution in [2.75, 3.05) is 9.80 Å². The third-order valence-corrected chi connectivity index (χ3v) is 27.9. The highest BCUT2D eigenvalue weighted by Gasteiger charge is 2.50. The van der Waals surface area contributed by atoms with Crippen molar-refractivity contribution in [3.63, 3.8) is 0 Å². The molecule has 0 saturated carbocycles. The van der Waals surface area contributed by atoms with Gasteiger partial charge in [-0.2, -0.15) is 0 Å². The van der Waals surface area contributed by atoms with Crippen LogP contribution in [0.2, 0.25) is 0 Å². The number of benzene rings is 18. The van der Waals surface area contributed by atoms with Gasteiger partial charge in [-0.15, -0.1) is 11.3 Å². The van der Waals surface area contributed by atoms with Crippen molar-refractivity contribution in [3.05, 3.63) is 491 Å². The van der Waals surface area contributed by atoms with Crippen molar-refractivity contribution >= 4 is 87.6 Å². The summed E-state index contributed by atoms with van der Waals surface area (Å²) in [6.07, 6.45) is 0. The van der Waals surface area contributed by atoms with Crippen LogP contribution in [0.25, 0.3) is 109 Å². The zero-order valence-corrected chi connectivity index (χ0v) is 67.9. The minimum atomic E-state index is -0.563. The molecule has 120 heavy (non-hydrogen) atoms. The van der Waals surface area contributed by atoms with Gasteiger partial charge in [-0.05, 0) is 201 Å². The summed E-state index contributed by atoms with van der Waals surface area (Å²) < 4.78 is 9.84. The largest absolute Gasteiger partial charge is 0.456 e. The molecule has 0 N–H and O–H groups in total. The molecule has 18 aromatic carbocycles. The average Bonchev–Trinajstić information content (AvgIpc) is 1.53. The highest BCUT2D eigenvalue weighted by molar-refractivity contribution is 7.26. The summed E-state index contributed by atoms with van der Waals surface area (Å²) in [5.74, 6) is 0. The van der Waals surface area contributed by atoms with Gasteiger partial charge in [0.25, 0.3) is 0 Å². The van der Waals surface area contributed by atoms with E-state index in [-0.39, 0.29) is 10.8 Å². The van der Waals surface area contributed by atoms with Crippen molar-refractivity contribution < 1.29 is 4.42 Å². The van der Waals surface area contributed by atoms with Gasteiger partial charge in [-0.25, -0.2) is 0 Å². The highest BCUT2D eigenvalue weighted by atomic mass is 32.1. The zero-order valence-electron chi connectivity index (χ0n) is 67.1. The van der Waals surface area contributed by atoms with Crippen LogP contribution in [0.3, 0.4) is 0 Å². The quantitative estimate of drug-likeness (QED) is 0.122. The normalized spacial score (nSPS) is 14.1. The minimum absolute atomic E-state index is 0.108. The van der Waals surface area contributed by atoms with Gasteiger partial charge in [0.15, 0.2) is 0 Å². The number of rotatable bonds is 12. The van der Waals surface area contributed by atoms with Crippen molar-refractivity contribution in [1.29, 1.82) is 0 Å². The summed E-state index contributed by atoms with van der Waals surface area (Å²) >= 11 is 1.92. The van der Waals surface area contributed by atoms with Gasteiger partial charge in [0.05, 0.1) is 10.8 Å². The van der Waals surface area contributed by atoms with E-state index < -0.39 is 10.8 Å². The van der Waals surface area contributed by atoms with E-state index in [1.807, 2.05) is 11.3 Å². The van der Waals surface area contributed by atoms with Gasteiger partial charge in [-0.3, -0.25) is 0 Å². The van der Waals surface area contributed by atoms with Crippen LogP contribution in [0, 0.1) is 0 Å². The minimum Gasteiger partial charge on any atom is -0.456 e. The first kappa shape index (κ1) is 70.9. The van der Waals surface area contributed by atoms with E-state index in [2.05, 4.69) is 462 Å². The van der Waals surface area contributed by atoms with Crippen LogP contribution in [-0.4, -0.2) is 0 Å². The summed E-state index contributed by atoms with van der Waals surface area (Å²) in [7, 11) is 0. The summed E-state index contributed by atoms with van der Waals surface area (Å²) in [4.78, 5) is 4.84. The molecule has 0 saturated heterocycles. The molecule has 4 heteroatoms. The van der Waals surface area contributed by atoms with E-state index in [0.717, 1.165) is 61.6 Å². The van der Waals surface area contributed by atoms with E-state index in [4.69, 9.17) is 4.42 Å². The molecule has 4 aliphatic rings. The van der Waals surface area contributed by atoms with Crippen LogP contribution in [0.15, 0.2) is 429 Å². The molecule has 0 fully saturated rings. The van der Waals surface area contributed by atoms with Crippen LogP contribution >= 0.6 is 11.3 Å². The van der Waals surface area contributed by atoms with E-state index in [1.54, 1.807) is 0 Å². The molecule has 0 aliphatic heterocycles. The molecule has 568 valence electrons. The molecule has 24 rings (SSSR count). The Labute approximate surface area is 704 Å². The lowest BCUT2D eigenvalue weighted by molar-refractivity contribution is 0.648. The number of thiophene rings is 1. The predicted molar refractivity (Wildman–Crippen MR) is 503 cm³/mol. The van der Waals surface area contributed by atoms with Gasteiger partial charge >= 0.3 is 0 Å². The Kier molecular flexibility index (Phi) is 16.3. The Morgan fingerprint density at radius 1 is 0.217 bits per heavy atom. The molecule has 0 unspecified atom stereocenters. The average molecular weight is 1550 g/mol. The topological polar surface area (TPSA) is 19.6 Å². The van der Waals surface area contributed by atoms with Gasteiger partial charge in [0.2, 0.25) is 0 Å². The standard InChI is InChI=1S/C58H41NO.C58H41NS/c2*1-57(2)50-24-12-9-20-44(50)47-34-32-42(36-54(47)57)59(41-30-28-39(29-31-41)38-16-5-3-6-17-38)43-33-35-48-49-23-15-27-53(56(49)60-55(48)37-43)58(40-18-7-4-8-19-40)51-25-13-10-21-45(51)46-22-11-14-26-52(46)58/h2*3-37H,1-2H3. The first-order chi connectivity index (χ1) is 59.0. The predicted octanol–water partition coefficient (Wildman–Crippen LogP) is 31.3. The van der Waals surface area contributed by atoms with Gasteiger partial charge in [-0.1, -0.05) is 373 Å². The van der Waals surface area contributed by atoms with E-state index >= 15 is 0 Å². The summed E-state index contributed by atoms with van der Waals surface area (Å²) in [6.45, 7) is 9.43. The molecule has 2 aromatic heterocycles. The number of furan rings is 1. The maximum Gasteiger partial charge on any atom is 0.140 e. The monoisotopic (exact) mass is 1550 g/mol. The number of para-hydroxylation sites is 1. The number of nitrogens with zero attached hydrogens (tertiary/aromatic N) is 2. The third-order valence-electron chi connectivity index (χ3n) is 26.7. The Hall–Kier alpha value is -14.4. The molecule has 0 spiro atoms. The third kappa shape index (κ3) is 10.7. The Morgan fingerprint density at radius 3 is 0.983 bits per heavy atom. The summed E-state index contributed by atoms with van der Waals surface area (Å²) in [5, 5.41) is 4.80. The molecule has 0 bridgehead atoms. The second kappa shape index (κ2) is 27.6. The molecule has 0 atom stereocenters. The summed E-state index contributed by atoms with van der Waals surface area (Å²) in [6, 6.07) is 157. The van der Waals surface area contributed by atoms with Crippen LogP contribution in [-0.2, 0) is 21.7 Å². The SMILES string of the molecule is CC1(C)c2ccccc2-c2ccc(N(c3ccc(-c4ccccc4)cc3)c3ccc4c(c3)oc3c(C5(c6ccccc6)c6ccccc6-c6ccccc65)cccc34)cc21.CC1(C)c2ccccc2-c2ccc(N(c3ccc(-c4ccccc4)cc3)c3ccc4c(c3)sc3c(C5(c6ccccc6)c6ccccc6-c6ccccc65)cccc34)cc21. The fraction of sp³-hybridized carbons (Fsp3) is 0.0690. The van der Waals surface area contributed by atoms with Crippen molar-refractivity contribution in [1.82, 2.24) is 0 Å². The molecule has 0 radical (unpaired) electrons. The fourth-order valence-corrected chi connectivity index (χ4v) is 22.5. The Bertz CT molecular complexity index is 6920. The molecule has 4 aliphatic carbocycles. The molecular formula is C116H82N2OS. The van der Waals surface area contributed by atoms with Crippen LogP contribution in [0.5, 0.6) is 0 Å². The van der Waals surface area contributed by atoms with Crippen LogP contribution in [0.4, 0.5) is 34.1 Å². The lowest BCUT2D eigenvalue weighted by atomic mass is 9.67. The molecule has 0 amide bonds. The number of fused-ring (bicyclic) bond motifs is 18. The number of hydrogen-bond acceptors (Lipinski definition) is 4. The second-order valence-corrected chi connectivity index (χ2v) is 34.7. The van der Waals surface area contributed by atoms with Gasteiger partial charge in [0, 0.05) is 87.5 Å². The number of hydrogen-bond donors (Lipinski definition) is 0. The van der Waals surface area contributed by atoms with Crippen molar-refractivity contribution in [2.24, 2.45) is 0 Å². The fourth-order valence-electron chi connectivity index (χ4n) is 21.2.